The molecule has 60 valence electrons. The topological polar surface area (TPSA) is 0 Å². The molecule has 0 aromatic heterocycles. The van der Waals surface area contributed by atoms with Crippen LogP contribution in [0.4, 0.5) is 12.9 Å². The van der Waals surface area contributed by atoms with Gasteiger partial charge in [0.2, 0.25) is 0 Å². The molecule has 0 radical (unpaired) electrons. The molecule has 1 aliphatic carbocycles. The number of rotatable bonds is 0. The molecule has 0 nitrogen and oxygen atoms in total. The number of halogens is 3. The molecule has 1 fully saturated rings. The van der Waals surface area contributed by atoms with Gasteiger partial charge in [0.15, 0.2) is 0 Å². The van der Waals surface area contributed by atoms with Crippen molar-refractivity contribution in [1.82, 2.24) is 0 Å². The summed E-state index contributed by atoms with van der Waals surface area (Å²) in [5.41, 5.74) is 0. The van der Waals surface area contributed by atoms with Crippen LogP contribution in [-0.4, -0.2) is 56.5 Å². The van der Waals surface area contributed by atoms with Gasteiger partial charge in [-0.25, -0.2) is 0 Å². The minimum absolute atomic E-state index is 1.10. The van der Waals surface area contributed by atoms with Crippen molar-refractivity contribution in [2.75, 3.05) is 0 Å². The molecule has 2 atom stereocenters. The smallest absolute Gasteiger partial charge is 0.254 e. The van der Waals surface area contributed by atoms with E-state index in [1.807, 2.05) is 0 Å². The van der Waals surface area contributed by atoms with E-state index in [0.717, 1.165) is 54.9 Å². The zero-order valence-corrected chi connectivity index (χ0v) is 10.1. The van der Waals surface area contributed by atoms with E-state index in [4.69, 9.17) is 0 Å². The average Bonchev–Trinajstić information content (AvgIpc) is 2.15. The van der Waals surface area contributed by atoms with Crippen LogP contribution >= 0.6 is 0 Å². The SMILES string of the molecule is C[C@@H]1CCC[C@H]1[K].FB(F)F. The average molecular weight is 190 g/mol. The minimum atomic E-state index is -3.67. The Bertz CT molecular complexity index is 91.1. The van der Waals surface area contributed by atoms with Gasteiger partial charge in [-0.1, -0.05) is 0 Å². The molecule has 0 aliphatic heterocycles. The molecule has 0 bridgehead atoms. The largest absolute Gasteiger partial charge is 0.762 e. The molecule has 0 saturated heterocycles. The van der Waals surface area contributed by atoms with Crippen LogP contribution < -0.4 is 0 Å². The summed E-state index contributed by atoms with van der Waals surface area (Å²) in [5.74, 6) is 1.10. The van der Waals surface area contributed by atoms with E-state index in [1.165, 1.54) is 12.9 Å². The summed E-state index contributed by atoms with van der Waals surface area (Å²) in [4.78, 5) is 0. The van der Waals surface area contributed by atoms with Crippen LogP contribution in [0.25, 0.3) is 0 Å². The molecular formula is C6H11BF3K. The van der Waals surface area contributed by atoms with Gasteiger partial charge >= 0.3 is 88.6 Å². The van der Waals surface area contributed by atoms with E-state index in [0.29, 0.717) is 0 Å². The summed E-state index contributed by atoms with van der Waals surface area (Å²) in [6, 6.07) is 0. The van der Waals surface area contributed by atoms with Gasteiger partial charge in [0, 0.05) is 0 Å². The molecule has 1 saturated carbocycles. The zero-order chi connectivity index (χ0) is 8.85. The van der Waals surface area contributed by atoms with Gasteiger partial charge in [0.1, 0.15) is 0 Å². The van der Waals surface area contributed by atoms with Crippen LogP contribution in [-0.2, 0) is 0 Å². The van der Waals surface area contributed by atoms with Gasteiger partial charge < -0.3 is 0 Å². The van der Waals surface area contributed by atoms with Crippen LogP contribution in [0.2, 0.25) is 0.0125 Å². The van der Waals surface area contributed by atoms with Gasteiger partial charge in [-0.3, -0.25) is 12.9 Å². The number of hydrogen-bond acceptors (Lipinski definition) is 0. The summed E-state index contributed by atoms with van der Waals surface area (Å²) >= 11 is 1.11. The van der Waals surface area contributed by atoms with Crippen molar-refractivity contribution < 1.29 is 12.9 Å². The molecule has 0 aromatic rings. The molecule has 0 aromatic carbocycles. The second-order valence-electron chi connectivity index (χ2n) is 3.13. The Balaban J connectivity index is 0.000000218. The Morgan fingerprint density at radius 1 is 1.27 bits per heavy atom. The van der Waals surface area contributed by atoms with E-state index in [9.17, 15) is 12.9 Å². The zero-order valence-electron chi connectivity index (χ0n) is 6.99. The van der Waals surface area contributed by atoms with Crippen LogP contribution in [0.1, 0.15) is 26.2 Å². The first-order valence-electron chi connectivity index (χ1n) is 3.96. The normalized spacial score (nSPS) is 29.3. The maximum absolute atomic E-state index is 9.67. The summed E-state index contributed by atoms with van der Waals surface area (Å²) < 4.78 is 30.2. The van der Waals surface area contributed by atoms with E-state index in [-0.39, 0.29) is 0 Å². The molecule has 5 heteroatoms. The minimum Gasteiger partial charge on any atom is -0.254 e. The van der Waals surface area contributed by atoms with Gasteiger partial charge in [-0.05, 0) is 0 Å². The van der Waals surface area contributed by atoms with Crippen LogP contribution in [0.3, 0.4) is 0 Å². The van der Waals surface area contributed by atoms with Crippen LogP contribution in [0, 0.1) is 5.92 Å². The fourth-order valence-corrected chi connectivity index (χ4v) is 2.49. The molecule has 0 amide bonds. The predicted molar refractivity (Wildman–Crippen MR) is 41.6 cm³/mol. The Morgan fingerprint density at radius 2 is 1.73 bits per heavy atom. The maximum atomic E-state index is 9.67. The molecule has 1 rings (SSSR count). The second-order valence-corrected chi connectivity index (χ2v) is 5.45. The Morgan fingerprint density at radius 3 is 1.82 bits per heavy atom. The van der Waals surface area contributed by atoms with Crippen molar-refractivity contribution in [2.45, 2.75) is 26.2 Å². The van der Waals surface area contributed by atoms with Crippen LogP contribution in [0.5, 0.6) is 0 Å². The van der Waals surface area contributed by atoms with E-state index >= 15 is 0 Å². The summed E-state index contributed by atoms with van der Waals surface area (Å²) in [7, 11) is -3.67. The quantitative estimate of drug-likeness (QED) is 0.515. The van der Waals surface area contributed by atoms with Crippen molar-refractivity contribution in [3.63, 3.8) is 0 Å². The first kappa shape index (κ1) is 12.5. The molecule has 0 heterocycles. The fraction of sp³-hybridized carbons (Fsp3) is 1.00. The van der Waals surface area contributed by atoms with E-state index < -0.39 is 7.54 Å². The maximum Gasteiger partial charge on any atom is 0.762 e. The van der Waals surface area contributed by atoms with Gasteiger partial charge in [0.25, 0.3) is 0 Å². The summed E-state index contributed by atoms with van der Waals surface area (Å²) in [6.07, 6.45) is 4.60. The Hall–Kier alpha value is 1.49. The molecule has 1 aliphatic rings. The van der Waals surface area contributed by atoms with Gasteiger partial charge in [-0.2, -0.15) is 0 Å². The van der Waals surface area contributed by atoms with Gasteiger partial charge in [-0.15, -0.1) is 0 Å². The van der Waals surface area contributed by atoms with E-state index in [2.05, 4.69) is 6.92 Å². The second kappa shape index (κ2) is 6.95. The Kier molecular flexibility index (Phi) is 7.89. The monoisotopic (exact) mass is 190 g/mol. The van der Waals surface area contributed by atoms with Crippen LogP contribution in [0.15, 0.2) is 0 Å². The van der Waals surface area contributed by atoms with Crippen molar-refractivity contribution >= 4 is 56.5 Å². The predicted octanol–water partition coefficient (Wildman–Crippen LogP) is 2.64. The standard InChI is InChI=1S/C6H11.BF3.K/c1-6-4-2-3-5-6;2-1(3)4;/h4,6H,2-3,5H2,1H3;;/t6-;;/m0../s1. The molecule has 0 unspecified atom stereocenters. The summed E-state index contributed by atoms with van der Waals surface area (Å²) in [6.45, 7) is 2.41. The van der Waals surface area contributed by atoms with Gasteiger partial charge in [0.05, 0.1) is 0 Å². The third-order valence-electron chi connectivity index (χ3n) is 2.29. The third-order valence-corrected chi connectivity index (χ3v) is 4.97. The fourth-order valence-electron chi connectivity index (χ4n) is 1.33. The van der Waals surface area contributed by atoms with Crippen molar-refractivity contribution in [1.29, 1.82) is 0 Å². The number of hydrogen-bond donors (Lipinski definition) is 0. The van der Waals surface area contributed by atoms with Crippen molar-refractivity contribution in [2.24, 2.45) is 5.92 Å². The third kappa shape index (κ3) is 7.84. The molecule has 11 heavy (non-hydrogen) atoms. The molecule has 0 spiro atoms. The first-order chi connectivity index (χ1) is 5.04. The van der Waals surface area contributed by atoms with Crippen molar-refractivity contribution in [3.8, 4) is 0 Å². The first-order valence-corrected chi connectivity index (χ1v) is 5.76. The van der Waals surface area contributed by atoms with Crippen molar-refractivity contribution in [3.05, 3.63) is 0 Å². The molecule has 0 N–H and O–H groups in total. The van der Waals surface area contributed by atoms with E-state index in [1.54, 1.807) is 6.42 Å². The molecular weight excluding hydrogens is 179 g/mol. The summed E-state index contributed by atoms with van der Waals surface area (Å²) in [5, 5.41) is 0. The Labute approximate surface area is 100 Å².